The van der Waals surface area contributed by atoms with Gasteiger partial charge in [0.1, 0.15) is 28.9 Å². The topological polar surface area (TPSA) is 82.6 Å². The first-order valence-corrected chi connectivity index (χ1v) is 11.6. The van der Waals surface area contributed by atoms with E-state index in [-0.39, 0.29) is 17.2 Å². The first kappa shape index (κ1) is 25.1. The molecule has 1 N–H and O–H groups in total. The molecule has 0 spiro atoms. The van der Waals surface area contributed by atoms with Crippen LogP contribution in [0.4, 0.5) is 13.2 Å². The van der Waals surface area contributed by atoms with Crippen LogP contribution in [0, 0.1) is 0 Å². The third kappa shape index (κ3) is 4.84. The average Bonchev–Trinajstić information content (AvgIpc) is 2.92. The molecule has 5 rings (SSSR count). The van der Waals surface area contributed by atoms with E-state index in [1.807, 2.05) is 24.3 Å². The molecule has 0 fully saturated rings. The third-order valence-corrected chi connectivity index (χ3v) is 6.22. The molecule has 194 valence electrons. The van der Waals surface area contributed by atoms with E-state index in [0.29, 0.717) is 28.8 Å². The molecule has 7 nitrogen and oxygen atoms in total. The molecule has 1 atom stereocenters. The Hall–Kier alpha value is -4.60. The fourth-order valence-corrected chi connectivity index (χ4v) is 4.36. The minimum atomic E-state index is -4.56. The van der Waals surface area contributed by atoms with E-state index in [2.05, 4.69) is 15.5 Å². The lowest BCUT2D eigenvalue weighted by Gasteiger charge is -2.27. The number of methoxy groups -OCH3 is 2. The summed E-state index contributed by atoms with van der Waals surface area (Å²) in [5, 5.41) is 11.5. The van der Waals surface area contributed by atoms with Crippen LogP contribution >= 0.6 is 0 Å². The van der Waals surface area contributed by atoms with E-state index in [1.165, 1.54) is 19.2 Å². The molecular weight excluding hydrogens is 499 g/mol. The van der Waals surface area contributed by atoms with Gasteiger partial charge in [-0.05, 0) is 60.0 Å². The number of hydrogen-bond donors (Lipinski definition) is 1. The number of halogens is 3. The van der Waals surface area contributed by atoms with Crippen molar-refractivity contribution in [3.8, 4) is 17.4 Å². The van der Waals surface area contributed by atoms with Gasteiger partial charge in [-0.15, -0.1) is 10.2 Å². The molecule has 0 saturated heterocycles. The molecule has 1 amide bonds. The van der Waals surface area contributed by atoms with Gasteiger partial charge in [-0.2, -0.15) is 13.2 Å². The van der Waals surface area contributed by atoms with Crippen LogP contribution in [-0.2, 0) is 17.3 Å². The van der Waals surface area contributed by atoms with Crippen molar-refractivity contribution in [2.45, 2.75) is 18.6 Å². The van der Waals surface area contributed by atoms with Crippen molar-refractivity contribution in [1.29, 1.82) is 0 Å². The summed E-state index contributed by atoms with van der Waals surface area (Å²) in [5.41, 5.74) is 1.33. The molecule has 4 aromatic rings. The van der Waals surface area contributed by atoms with Crippen LogP contribution in [0.15, 0.2) is 78.6 Å². The Morgan fingerprint density at radius 1 is 0.947 bits per heavy atom. The van der Waals surface area contributed by atoms with Gasteiger partial charge in [0.2, 0.25) is 0 Å². The highest BCUT2D eigenvalue weighted by Gasteiger charge is 2.32. The maximum Gasteiger partial charge on any atom is 0.416 e. The van der Waals surface area contributed by atoms with E-state index in [0.717, 1.165) is 23.3 Å². The molecule has 3 aromatic carbocycles. The Kier molecular flexibility index (Phi) is 6.62. The monoisotopic (exact) mass is 521 g/mol. The van der Waals surface area contributed by atoms with Gasteiger partial charge in [0.25, 0.3) is 11.8 Å². The van der Waals surface area contributed by atoms with Crippen molar-refractivity contribution >= 4 is 16.8 Å². The van der Waals surface area contributed by atoms with E-state index < -0.39 is 23.7 Å². The Bertz CT molecular complexity index is 1550. The fraction of sp³-hybridized carbons (Fsp3) is 0.179. The Morgan fingerprint density at radius 2 is 1.76 bits per heavy atom. The second-order valence-corrected chi connectivity index (χ2v) is 8.51. The van der Waals surface area contributed by atoms with E-state index in [9.17, 15) is 18.0 Å². The average molecular weight is 521 g/mol. The van der Waals surface area contributed by atoms with Gasteiger partial charge >= 0.3 is 6.18 Å². The summed E-state index contributed by atoms with van der Waals surface area (Å²) in [7, 11) is 3.07. The highest BCUT2D eigenvalue weighted by atomic mass is 19.4. The van der Waals surface area contributed by atoms with Gasteiger partial charge in [-0.1, -0.05) is 30.3 Å². The van der Waals surface area contributed by atoms with Gasteiger partial charge in [0.15, 0.2) is 0 Å². The first-order chi connectivity index (χ1) is 18.3. The number of fused-ring (bicyclic) bond motifs is 2. The first-order valence-electron chi connectivity index (χ1n) is 11.6. The van der Waals surface area contributed by atoms with E-state index in [1.54, 1.807) is 31.4 Å². The quantitative estimate of drug-likeness (QED) is 0.335. The zero-order valence-electron chi connectivity index (χ0n) is 20.4. The maximum atomic E-state index is 13.8. The maximum absolute atomic E-state index is 13.8. The Balaban J connectivity index is 1.57. The number of nitrogens with one attached hydrogen (secondary N) is 1. The van der Waals surface area contributed by atoms with Crippen LogP contribution in [0.5, 0.6) is 17.4 Å². The third-order valence-electron chi connectivity index (χ3n) is 6.22. The lowest BCUT2D eigenvalue weighted by Crippen LogP contribution is -2.33. The van der Waals surface area contributed by atoms with Gasteiger partial charge in [0, 0.05) is 5.39 Å². The normalized spacial score (nSPS) is 14.9. The molecule has 38 heavy (non-hydrogen) atoms. The minimum absolute atomic E-state index is 0.0264. The summed E-state index contributed by atoms with van der Waals surface area (Å²) in [5.74, 6) is 0.214. The van der Waals surface area contributed by atoms with Crippen molar-refractivity contribution < 1.29 is 32.2 Å². The molecule has 1 aliphatic rings. The van der Waals surface area contributed by atoms with Gasteiger partial charge in [-0.25, -0.2) is 0 Å². The number of rotatable bonds is 6. The zero-order valence-corrected chi connectivity index (χ0v) is 20.4. The van der Waals surface area contributed by atoms with Gasteiger partial charge in [0.05, 0.1) is 25.3 Å². The molecular formula is C28H22F3N3O4. The number of alkyl halides is 3. The summed E-state index contributed by atoms with van der Waals surface area (Å²) in [6.07, 6.45) is -2.08. The predicted molar refractivity (Wildman–Crippen MR) is 133 cm³/mol. The van der Waals surface area contributed by atoms with Crippen molar-refractivity contribution in [3.05, 3.63) is 101 Å². The summed E-state index contributed by atoms with van der Waals surface area (Å²) in [6, 6.07) is 16.1. The number of nitrogens with zero attached hydrogens (tertiary/aromatic N) is 2. The number of benzene rings is 3. The molecule has 0 bridgehead atoms. The van der Waals surface area contributed by atoms with E-state index in [4.69, 9.17) is 14.2 Å². The summed E-state index contributed by atoms with van der Waals surface area (Å²) in [4.78, 5) is 13.8. The lowest BCUT2D eigenvalue weighted by molar-refractivity contribution is -0.137. The van der Waals surface area contributed by atoms with Crippen LogP contribution in [0.1, 0.15) is 33.1 Å². The minimum Gasteiger partial charge on any atom is -0.499 e. The van der Waals surface area contributed by atoms with Crippen molar-refractivity contribution in [2.24, 2.45) is 0 Å². The number of carbonyl (C=O) groups excluding carboxylic acids is 1. The molecule has 1 aliphatic carbocycles. The molecule has 1 heterocycles. The van der Waals surface area contributed by atoms with Crippen LogP contribution in [-0.4, -0.2) is 30.3 Å². The van der Waals surface area contributed by atoms with Crippen molar-refractivity contribution in [3.63, 3.8) is 0 Å². The lowest BCUT2D eigenvalue weighted by atomic mass is 9.91. The highest BCUT2D eigenvalue weighted by Crippen LogP contribution is 2.36. The van der Waals surface area contributed by atoms with Crippen molar-refractivity contribution in [2.75, 3.05) is 14.2 Å². The predicted octanol–water partition coefficient (Wildman–Crippen LogP) is 6.01. The van der Waals surface area contributed by atoms with Gasteiger partial charge in [-0.3, -0.25) is 4.79 Å². The fourth-order valence-electron chi connectivity index (χ4n) is 4.36. The van der Waals surface area contributed by atoms with Gasteiger partial charge < -0.3 is 19.5 Å². The Labute approximate surface area is 215 Å². The molecule has 0 aliphatic heterocycles. The Morgan fingerprint density at radius 3 is 2.53 bits per heavy atom. The van der Waals surface area contributed by atoms with Crippen LogP contribution in [0.2, 0.25) is 0 Å². The summed E-state index contributed by atoms with van der Waals surface area (Å²) >= 11 is 0. The number of ether oxygens (including phenoxy) is 3. The smallest absolute Gasteiger partial charge is 0.416 e. The highest BCUT2D eigenvalue weighted by molar-refractivity contribution is 6.08. The second-order valence-electron chi connectivity index (χ2n) is 8.51. The summed E-state index contributed by atoms with van der Waals surface area (Å²) in [6.45, 7) is 0. The molecule has 1 unspecified atom stereocenters. The number of hydrogen-bond acceptors (Lipinski definition) is 6. The van der Waals surface area contributed by atoms with Crippen LogP contribution in [0.25, 0.3) is 10.9 Å². The number of allylic oxidation sites excluding steroid dienone is 1. The molecule has 0 saturated carbocycles. The van der Waals surface area contributed by atoms with Crippen LogP contribution in [0.3, 0.4) is 0 Å². The number of carbonyl (C=O) groups is 1. The number of aromatic nitrogens is 2. The largest absolute Gasteiger partial charge is 0.499 e. The van der Waals surface area contributed by atoms with Crippen LogP contribution < -0.4 is 14.8 Å². The molecule has 1 aromatic heterocycles. The summed E-state index contributed by atoms with van der Waals surface area (Å²) < 4.78 is 56.4. The van der Waals surface area contributed by atoms with Crippen molar-refractivity contribution in [1.82, 2.24) is 15.5 Å². The molecule has 10 heteroatoms. The number of amides is 1. The second kappa shape index (κ2) is 10.0. The standard InChI is InChI=1S/C28H22F3N3O4/c1-36-18-12-10-16-11-13-23(37-2)25(21(16)15-18)32-26(35)24-20-8-3-4-9-22(20)33-34-27(24)38-19-7-5-6-17(14-19)28(29,30)31/h3-10,12-15,25H,11H2,1-2H3,(H,32,35). The van der Waals surface area contributed by atoms with E-state index >= 15 is 0 Å². The zero-order chi connectivity index (χ0) is 26.9. The SMILES string of the molecule is COC1=CCc2ccc(OC)cc2C1NC(=O)c1c(Oc2cccc(C(F)(F)F)c2)nnc2ccccc12. The molecule has 0 radical (unpaired) electrons.